The maximum Gasteiger partial charge on any atom is 0.328 e. The van der Waals surface area contributed by atoms with Gasteiger partial charge in [0.25, 0.3) is 0 Å². The van der Waals surface area contributed by atoms with Gasteiger partial charge in [-0.1, -0.05) is 20.3 Å². The number of esters is 1. The maximum atomic E-state index is 11.4. The molecule has 0 radical (unpaired) electrons. The molecule has 15 heavy (non-hydrogen) atoms. The Morgan fingerprint density at radius 1 is 1.47 bits per heavy atom. The zero-order chi connectivity index (χ0) is 11.8. The summed E-state index contributed by atoms with van der Waals surface area (Å²) < 4.78 is 4.63. The minimum atomic E-state index is -0.570. The Bertz CT molecular complexity index is 219. The Labute approximate surface area is 90.4 Å². The topological polar surface area (TPSA) is 81.4 Å². The number of carbonyl (C=O) groups is 2. The third kappa shape index (κ3) is 4.78. The van der Waals surface area contributed by atoms with Crippen molar-refractivity contribution in [3.8, 4) is 0 Å². The van der Waals surface area contributed by atoms with Gasteiger partial charge in [0.1, 0.15) is 6.04 Å². The van der Waals surface area contributed by atoms with E-state index in [9.17, 15) is 9.59 Å². The summed E-state index contributed by atoms with van der Waals surface area (Å²) >= 11 is 0. The average Bonchev–Trinajstić information content (AvgIpc) is 2.24. The lowest BCUT2D eigenvalue weighted by Gasteiger charge is -2.21. The normalized spacial score (nSPS) is 14.1. The molecule has 0 rings (SSSR count). The summed E-state index contributed by atoms with van der Waals surface area (Å²) in [5, 5.41) is 2.63. The summed E-state index contributed by atoms with van der Waals surface area (Å²) in [6, 6.07) is -0.570. The van der Waals surface area contributed by atoms with Crippen molar-refractivity contribution in [1.29, 1.82) is 0 Å². The second kappa shape index (κ2) is 7.23. The fourth-order valence-corrected chi connectivity index (χ4v) is 1.17. The number of nitrogens with two attached hydrogens (primary N) is 1. The van der Waals surface area contributed by atoms with Crippen LogP contribution in [0.2, 0.25) is 0 Å². The van der Waals surface area contributed by atoms with Crippen LogP contribution in [0, 0.1) is 5.92 Å². The molecule has 3 N–H and O–H groups in total. The van der Waals surface area contributed by atoms with Gasteiger partial charge in [0.2, 0.25) is 5.91 Å². The Morgan fingerprint density at radius 3 is 2.47 bits per heavy atom. The Hall–Kier alpha value is -1.10. The van der Waals surface area contributed by atoms with Crippen LogP contribution >= 0.6 is 0 Å². The van der Waals surface area contributed by atoms with Crippen LogP contribution in [0.25, 0.3) is 0 Å². The first-order valence-corrected chi connectivity index (χ1v) is 5.14. The van der Waals surface area contributed by atoms with E-state index in [2.05, 4.69) is 10.1 Å². The van der Waals surface area contributed by atoms with Gasteiger partial charge >= 0.3 is 5.97 Å². The number of carbonyl (C=O) groups excluding carboxylic acids is 2. The van der Waals surface area contributed by atoms with E-state index in [1.165, 1.54) is 7.11 Å². The van der Waals surface area contributed by atoms with Crippen molar-refractivity contribution >= 4 is 11.9 Å². The van der Waals surface area contributed by atoms with Gasteiger partial charge in [-0.3, -0.25) is 4.79 Å². The van der Waals surface area contributed by atoms with E-state index >= 15 is 0 Å². The molecule has 0 saturated heterocycles. The zero-order valence-corrected chi connectivity index (χ0v) is 9.58. The van der Waals surface area contributed by atoms with Crippen molar-refractivity contribution in [2.75, 3.05) is 13.7 Å². The second-order valence-corrected chi connectivity index (χ2v) is 3.49. The SMILES string of the molecule is CC[C@H](C)[C@H](NC(=O)CCN)C(=O)OC. The van der Waals surface area contributed by atoms with Gasteiger partial charge in [-0.25, -0.2) is 4.79 Å². The van der Waals surface area contributed by atoms with Crippen molar-refractivity contribution < 1.29 is 14.3 Å². The molecule has 5 heteroatoms. The molecule has 2 atom stereocenters. The van der Waals surface area contributed by atoms with Gasteiger partial charge in [0.15, 0.2) is 0 Å². The lowest BCUT2D eigenvalue weighted by molar-refractivity contribution is -0.146. The number of rotatable bonds is 6. The maximum absolute atomic E-state index is 11.4. The summed E-state index contributed by atoms with van der Waals surface area (Å²) in [6.45, 7) is 4.13. The van der Waals surface area contributed by atoms with E-state index < -0.39 is 12.0 Å². The minimum absolute atomic E-state index is 0.0548. The molecule has 0 aliphatic heterocycles. The summed E-state index contributed by atoms with van der Waals surface area (Å²) in [5.41, 5.74) is 5.25. The smallest absolute Gasteiger partial charge is 0.328 e. The highest BCUT2D eigenvalue weighted by atomic mass is 16.5. The number of methoxy groups -OCH3 is 1. The van der Waals surface area contributed by atoms with E-state index in [0.717, 1.165) is 6.42 Å². The molecule has 0 aromatic carbocycles. The monoisotopic (exact) mass is 216 g/mol. The molecule has 5 nitrogen and oxygen atoms in total. The molecule has 0 spiro atoms. The molecule has 0 aromatic rings. The Balaban J connectivity index is 4.37. The lowest BCUT2D eigenvalue weighted by Crippen LogP contribution is -2.46. The predicted octanol–water partition coefficient (Wildman–Crippen LogP) is 0.0391. The van der Waals surface area contributed by atoms with Crippen molar-refractivity contribution in [3.05, 3.63) is 0 Å². The third-order valence-electron chi connectivity index (χ3n) is 2.36. The molecule has 0 saturated carbocycles. The predicted molar refractivity (Wildman–Crippen MR) is 57.1 cm³/mol. The zero-order valence-electron chi connectivity index (χ0n) is 9.58. The molecular formula is C10H20N2O3. The lowest BCUT2D eigenvalue weighted by atomic mass is 9.99. The van der Waals surface area contributed by atoms with E-state index in [0.29, 0.717) is 0 Å². The third-order valence-corrected chi connectivity index (χ3v) is 2.36. The second-order valence-electron chi connectivity index (χ2n) is 3.49. The molecule has 0 heterocycles. The molecular weight excluding hydrogens is 196 g/mol. The number of hydrogen-bond donors (Lipinski definition) is 2. The summed E-state index contributed by atoms with van der Waals surface area (Å²) in [7, 11) is 1.31. The summed E-state index contributed by atoms with van der Waals surface area (Å²) in [6.07, 6.45) is 1.02. The average molecular weight is 216 g/mol. The van der Waals surface area contributed by atoms with Crippen molar-refractivity contribution in [2.24, 2.45) is 11.7 Å². The van der Waals surface area contributed by atoms with Crippen LogP contribution in [-0.2, 0) is 14.3 Å². The van der Waals surface area contributed by atoms with Gasteiger partial charge in [-0.05, 0) is 5.92 Å². The van der Waals surface area contributed by atoms with Crippen molar-refractivity contribution in [3.63, 3.8) is 0 Å². The van der Waals surface area contributed by atoms with E-state index in [1.807, 2.05) is 13.8 Å². The summed E-state index contributed by atoms with van der Waals surface area (Å²) in [4.78, 5) is 22.7. The van der Waals surface area contributed by atoms with E-state index in [4.69, 9.17) is 5.73 Å². The summed E-state index contributed by atoms with van der Waals surface area (Å²) in [5.74, 6) is -0.568. The van der Waals surface area contributed by atoms with Gasteiger partial charge < -0.3 is 15.8 Å². The van der Waals surface area contributed by atoms with Crippen LogP contribution in [0.4, 0.5) is 0 Å². The van der Waals surface area contributed by atoms with E-state index in [-0.39, 0.29) is 24.8 Å². The Morgan fingerprint density at radius 2 is 2.07 bits per heavy atom. The van der Waals surface area contributed by atoms with Crippen LogP contribution in [0.1, 0.15) is 26.7 Å². The van der Waals surface area contributed by atoms with E-state index in [1.54, 1.807) is 0 Å². The molecule has 0 aliphatic rings. The quantitative estimate of drug-likeness (QED) is 0.614. The highest BCUT2D eigenvalue weighted by Crippen LogP contribution is 2.09. The molecule has 0 fully saturated rings. The van der Waals surface area contributed by atoms with Crippen LogP contribution in [0.15, 0.2) is 0 Å². The number of hydrogen-bond acceptors (Lipinski definition) is 4. The molecule has 0 aromatic heterocycles. The molecule has 0 unspecified atom stereocenters. The minimum Gasteiger partial charge on any atom is -0.467 e. The first-order chi connectivity index (χ1) is 7.06. The number of nitrogens with one attached hydrogen (secondary N) is 1. The number of ether oxygens (including phenoxy) is 1. The van der Waals surface area contributed by atoms with Crippen LogP contribution in [0.5, 0.6) is 0 Å². The fraction of sp³-hybridized carbons (Fsp3) is 0.800. The largest absolute Gasteiger partial charge is 0.467 e. The molecule has 88 valence electrons. The fourth-order valence-electron chi connectivity index (χ4n) is 1.17. The van der Waals surface area contributed by atoms with Crippen LogP contribution in [-0.4, -0.2) is 31.6 Å². The molecule has 0 aliphatic carbocycles. The van der Waals surface area contributed by atoms with Crippen LogP contribution in [0.3, 0.4) is 0 Å². The standard InChI is InChI=1S/C10H20N2O3/c1-4-7(2)9(10(14)15-3)12-8(13)5-6-11/h7,9H,4-6,11H2,1-3H3,(H,12,13)/t7-,9-/m0/s1. The van der Waals surface area contributed by atoms with Gasteiger partial charge in [-0.2, -0.15) is 0 Å². The first kappa shape index (κ1) is 13.9. The molecule has 1 amide bonds. The van der Waals surface area contributed by atoms with Crippen molar-refractivity contribution in [1.82, 2.24) is 5.32 Å². The first-order valence-electron chi connectivity index (χ1n) is 5.14. The van der Waals surface area contributed by atoms with Gasteiger partial charge in [0.05, 0.1) is 7.11 Å². The number of amides is 1. The van der Waals surface area contributed by atoms with Gasteiger partial charge in [-0.15, -0.1) is 0 Å². The van der Waals surface area contributed by atoms with Gasteiger partial charge in [0, 0.05) is 13.0 Å². The molecule has 0 bridgehead atoms. The Kier molecular flexibility index (Phi) is 6.70. The highest BCUT2D eigenvalue weighted by Gasteiger charge is 2.26. The van der Waals surface area contributed by atoms with Crippen LogP contribution < -0.4 is 11.1 Å². The highest BCUT2D eigenvalue weighted by molar-refractivity contribution is 5.84. The van der Waals surface area contributed by atoms with Crippen molar-refractivity contribution in [2.45, 2.75) is 32.7 Å².